The Labute approximate surface area is 201 Å². The summed E-state index contributed by atoms with van der Waals surface area (Å²) in [5, 5.41) is 11.0. The van der Waals surface area contributed by atoms with Gasteiger partial charge in [-0.3, -0.25) is 14.9 Å². The molecule has 3 aromatic rings. The number of nitro groups is 1. The molecule has 171 valence electrons. The number of sulfone groups is 1. The van der Waals surface area contributed by atoms with Crippen LogP contribution in [0.15, 0.2) is 54.5 Å². The summed E-state index contributed by atoms with van der Waals surface area (Å²) in [6.45, 7) is 2.98. The maximum Gasteiger partial charge on any atom is 0.279 e. The number of carbonyl (C=O) groups excluding carboxylic acids is 1. The third kappa shape index (κ3) is 5.70. The molecular formula is C20H15FN5O5ReS-. The monoisotopic (exact) mass is 643 g/mol. The number of anilines is 1. The number of rotatable bonds is 7. The first-order valence-electron chi connectivity index (χ1n) is 8.87. The van der Waals surface area contributed by atoms with Gasteiger partial charge in [-0.25, -0.2) is 17.8 Å². The van der Waals surface area contributed by atoms with E-state index in [4.69, 9.17) is 0 Å². The van der Waals surface area contributed by atoms with E-state index < -0.39 is 43.7 Å². The van der Waals surface area contributed by atoms with E-state index in [2.05, 4.69) is 27.9 Å². The normalized spacial score (nSPS) is 10.7. The average molecular weight is 643 g/mol. The topological polar surface area (TPSA) is 136 Å². The quantitative estimate of drug-likeness (QED) is 0.218. The van der Waals surface area contributed by atoms with Crippen molar-refractivity contribution in [1.29, 1.82) is 0 Å². The van der Waals surface area contributed by atoms with Crippen molar-refractivity contribution in [2.24, 2.45) is 0 Å². The van der Waals surface area contributed by atoms with Gasteiger partial charge in [0, 0.05) is 45.3 Å². The van der Waals surface area contributed by atoms with Gasteiger partial charge >= 0.3 is 0 Å². The van der Waals surface area contributed by atoms with Crippen LogP contribution < -0.4 is 4.90 Å². The van der Waals surface area contributed by atoms with Crippen molar-refractivity contribution in [1.82, 2.24) is 15.0 Å². The van der Waals surface area contributed by atoms with Crippen molar-refractivity contribution in [3.05, 3.63) is 88.4 Å². The Morgan fingerprint density at radius 1 is 1.33 bits per heavy atom. The summed E-state index contributed by atoms with van der Waals surface area (Å²) in [5.74, 6) is -1.64. The van der Waals surface area contributed by atoms with Gasteiger partial charge in [0.05, 0.1) is 22.7 Å². The number of hydrogen-bond acceptors (Lipinski definition) is 8. The molecule has 1 amide bonds. The van der Waals surface area contributed by atoms with Crippen molar-refractivity contribution in [3.8, 4) is 0 Å². The van der Waals surface area contributed by atoms with Crippen molar-refractivity contribution in [2.45, 2.75) is 11.6 Å². The largest absolute Gasteiger partial charge is 0.373 e. The molecule has 3 rings (SSSR count). The van der Waals surface area contributed by atoms with E-state index in [1.54, 1.807) is 0 Å². The van der Waals surface area contributed by atoms with Crippen LogP contribution in [-0.4, -0.2) is 40.5 Å². The molecule has 13 heteroatoms. The van der Waals surface area contributed by atoms with Gasteiger partial charge in [-0.15, -0.1) is 0 Å². The summed E-state index contributed by atoms with van der Waals surface area (Å²) in [7, 11) is -3.86. The van der Waals surface area contributed by atoms with E-state index in [1.165, 1.54) is 30.7 Å². The number of carbonyl (C=O) groups is 1. The Hall–Kier alpha value is -3.40. The molecule has 10 nitrogen and oxygen atoms in total. The van der Waals surface area contributed by atoms with Crippen LogP contribution in [0.5, 0.6) is 0 Å². The van der Waals surface area contributed by atoms with Crippen LogP contribution in [-0.2, 0) is 36.8 Å². The van der Waals surface area contributed by atoms with E-state index in [0.717, 1.165) is 29.4 Å². The second kappa shape index (κ2) is 10.5. The van der Waals surface area contributed by atoms with E-state index in [0.29, 0.717) is 0 Å². The molecule has 0 aliphatic heterocycles. The van der Waals surface area contributed by atoms with Gasteiger partial charge in [-0.1, -0.05) is 25.0 Å². The van der Waals surface area contributed by atoms with Gasteiger partial charge in [0.2, 0.25) is 5.91 Å². The Balaban J connectivity index is 0.00000385. The molecule has 2 aromatic heterocycles. The number of aromatic nitrogens is 3. The molecule has 0 saturated heterocycles. The Morgan fingerprint density at radius 3 is 2.58 bits per heavy atom. The Morgan fingerprint density at radius 2 is 2.00 bits per heavy atom. The zero-order chi connectivity index (χ0) is 23.5. The smallest absolute Gasteiger partial charge is 0.279 e. The molecule has 0 spiro atoms. The Bertz CT molecular complexity index is 1320. The molecule has 33 heavy (non-hydrogen) atoms. The van der Waals surface area contributed by atoms with E-state index in [9.17, 15) is 27.7 Å². The number of pyridine rings is 1. The van der Waals surface area contributed by atoms with Gasteiger partial charge in [-0.2, -0.15) is 0 Å². The van der Waals surface area contributed by atoms with Crippen LogP contribution in [0.3, 0.4) is 0 Å². The fraction of sp³-hybridized carbons (Fsp3) is 0.100. The SMILES string of the molecule is C=Cc1c(F)cc(CN(C(=O)c2cn[c-]nc2)c2cccnc2S(C)(=O)=O)cc1[N+](=O)[O-].[Re]. The van der Waals surface area contributed by atoms with Crippen LogP contribution in [0.4, 0.5) is 15.8 Å². The van der Waals surface area contributed by atoms with Gasteiger partial charge in [0.15, 0.2) is 14.9 Å². The summed E-state index contributed by atoms with van der Waals surface area (Å²) >= 11 is 0. The van der Waals surface area contributed by atoms with Gasteiger partial charge < -0.3 is 14.9 Å². The second-order valence-corrected chi connectivity index (χ2v) is 8.47. The maximum atomic E-state index is 14.5. The van der Waals surface area contributed by atoms with Crippen LogP contribution in [0, 0.1) is 22.3 Å². The standard InChI is InChI=1S/C20H15FN5O5S.Re/c1-3-15-16(21)7-13(8-18(15)26(28)29)11-25(20(27)14-9-22-12-23-10-14)17-5-4-6-24-19(17)32(2,30)31;/h3-10H,1,11H2,2H3;/q-1;. The fourth-order valence-corrected chi connectivity index (χ4v) is 3.76. The first-order valence-corrected chi connectivity index (χ1v) is 10.8. The molecule has 1 aromatic carbocycles. The first kappa shape index (κ1) is 25.9. The summed E-state index contributed by atoms with van der Waals surface area (Å²) < 4.78 is 39.0. The molecule has 0 unspecified atom stereocenters. The minimum absolute atomic E-state index is 0. The maximum absolute atomic E-state index is 14.5. The van der Waals surface area contributed by atoms with Crippen molar-refractivity contribution < 1.29 is 42.9 Å². The zero-order valence-electron chi connectivity index (χ0n) is 17.0. The molecule has 0 saturated carbocycles. The van der Waals surface area contributed by atoms with Gasteiger partial charge in [-0.05, 0) is 29.3 Å². The molecule has 0 aliphatic carbocycles. The third-order valence-corrected chi connectivity index (χ3v) is 5.33. The summed E-state index contributed by atoms with van der Waals surface area (Å²) in [6.07, 6.45) is 7.80. The molecule has 0 bridgehead atoms. The number of amides is 1. The van der Waals surface area contributed by atoms with Crippen LogP contribution in [0.2, 0.25) is 0 Å². The minimum atomic E-state index is -3.86. The molecule has 0 fully saturated rings. The van der Waals surface area contributed by atoms with Crippen molar-refractivity contribution >= 4 is 33.2 Å². The second-order valence-electron chi connectivity index (χ2n) is 6.53. The van der Waals surface area contributed by atoms with Crippen LogP contribution in [0.25, 0.3) is 6.08 Å². The number of hydrogen-bond donors (Lipinski definition) is 0. The third-order valence-electron chi connectivity index (χ3n) is 4.32. The molecule has 0 atom stereocenters. The van der Waals surface area contributed by atoms with Crippen molar-refractivity contribution in [2.75, 3.05) is 11.2 Å². The molecule has 0 N–H and O–H groups in total. The number of nitro benzene ring substituents is 1. The molecule has 0 aliphatic rings. The minimum Gasteiger partial charge on any atom is -0.373 e. The van der Waals surface area contributed by atoms with Crippen LogP contribution in [0.1, 0.15) is 21.5 Å². The molecule has 2 heterocycles. The molecule has 1 radical (unpaired) electrons. The predicted molar refractivity (Wildman–Crippen MR) is 112 cm³/mol. The summed E-state index contributed by atoms with van der Waals surface area (Å²) in [6, 6.07) is 4.87. The number of halogens is 1. The van der Waals surface area contributed by atoms with E-state index in [-0.39, 0.29) is 42.8 Å². The summed E-state index contributed by atoms with van der Waals surface area (Å²) in [4.78, 5) is 36.0. The molecular weight excluding hydrogens is 628 g/mol. The Kier molecular flexibility index (Phi) is 8.21. The van der Waals surface area contributed by atoms with Gasteiger partial charge in [0.1, 0.15) is 5.82 Å². The predicted octanol–water partition coefficient (Wildman–Crippen LogP) is 2.61. The average Bonchev–Trinajstić information content (AvgIpc) is 2.76. The zero-order valence-corrected chi connectivity index (χ0v) is 20.5. The first-order chi connectivity index (χ1) is 15.1. The fourth-order valence-electron chi connectivity index (χ4n) is 2.95. The van der Waals surface area contributed by atoms with Crippen molar-refractivity contribution in [3.63, 3.8) is 0 Å². The van der Waals surface area contributed by atoms with Gasteiger partial charge in [0.25, 0.3) is 5.69 Å². The van der Waals surface area contributed by atoms with Crippen LogP contribution >= 0.6 is 0 Å². The summed E-state index contributed by atoms with van der Waals surface area (Å²) in [5.41, 5.74) is -0.912. The van der Waals surface area contributed by atoms with E-state index in [1.807, 2.05) is 0 Å². The number of nitrogens with zero attached hydrogens (tertiary/aromatic N) is 5. The number of benzene rings is 1. The van der Waals surface area contributed by atoms with E-state index >= 15 is 0 Å².